The van der Waals surface area contributed by atoms with Crippen LogP contribution >= 0.6 is 23.6 Å². The van der Waals surface area contributed by atoms with Crippen LogP contribution in [0.15, 0.2) is 30.9 Å². The molecule has 6 nitrogen and oxygen atoms in total. The van der Waals surface area contributed by atoms with Gasteiger partial charge in [0.25, 0.3) is 5.91 Å². The molecule has 134 valence electrons. The smallest absolute Gasteiger partial charge is 0.265 e. The SMILES string of the molecule is C=CCn1c(N)c(C(=O)NCCc2ccc(OC)c(OC)c2)sc1=S. The maximum atomic E-state index is 12.3. The molecular formula is C17H21N3O3S2. The molecule has 1 aromatic carbocycles. The molecule has 0 spiro atoms. The lowest BCUT2D eigenvalue weighted by atomic mass is 10.1. The number of anilines is 1. The molecule has 0 unspecified atom stereocenters. The van der Waals surface area contributed by atoms with Gasteiger partial charge in [-0.3, -0.25) is 4.79 Å². The standard InChI is InChI=1S/C17H21N3O3S2/c1-4-9-20-15(18)14(25-17(20)24)16(21)19-8-7-11-5-6-12(22-2)13(10-11)23-3/h4-6,10H,1,7-9,18H2,2-3H3,(H,19,21). The number of nitrogens with zero attached hydrogens (tertiary/aromatic N) is 1. The number of methoxy groups -OCH3 is 2. The third-order valence-corrected chi connectivity index (χ3v) is 5.06. The highest BCUT2D eigenvalue weighted by Gasteiger charge is 2.16. The lowest BCUT2D eigenvalue weighted by molar-refractivity contribution is 0.0958. The maximum Gasteiger partial charge on any atom is 0.265 e. The summed E-state index contributed by atoms with van der Waals surface area (Å²) in [5.74, 6) is 1.48. The van der Waals surface area contributed by atoms with Crippen LogP contribution in [0.5, 0.6) is 11.5 Å². The zero-order valence-corrected chi connectivity index (χ0v) is 15.8. The molecule has 0 aliphatic rings. The highest BCUT2D eigenvalue weighted by molar-refractivity contribution is 7.73. The van der Waals surface area contributed by atoms with Gasteiger partial charge in [0.05, 0.1) is 14.2 Å². The van der Waals surface area contributed by atoms with Crippen molar-refractivity contribution < 1.29 is 14.3 Å². The molecule has 8 heteroatoms. The van der Waals surface area contributed by atoms with Gasteiger partial charge in [-0.2, -0.15) is 0 Å². The third kappa shape index (κ3) is 4.40. The summed E-state index contributed by atoms with van der Waals surface area (Å²) in [6, 6.07) is 5.67. The van der Waals surface area contributed by atoms with Gasteiger partial charge >= 0.3 is 0 Å². The van der Waals surface area contributed by atoms with Gasteiger partial charge in [0.15, 0.2) is 15.5 Å². The Kier molecular flexibility index (Phi) is 6.60. The maximum absolute atomic E-state index is 12.3. The number of carbonyl (C=O) groups is 1. The van der Waals surface area contributed by atoms with E-state index in [4.69, 9.17) is 27.4 Å². The number of hydrogen-bond donors (Lipinski definition) is 2. The van der Waals surface area contributed by atoms with Crippen molar-refractivity contribution in [3.8, 4) is 11.5 Å². The first-order chi connectivity index (χ1) is 12.0. The van der Waals surface area contributed by atoms with E-state index in [-0.39, 0.29) is 5.91 Å². The van der Waals surface area contributed by atoms with Crippen molar-refractivity contribution in [1.82, 2.24) is 9.88 Å². The van der Waals surface area contributed by atoms with Crippen molar-refractivity contribution in [2.75, 3.05) is 26.5 Å². The fourth-order valence-electron chi connectivity index (χ4n) is 2.32. The Bertz CT molecular complexity index is 827. The first-order valence-electron chi connectivity index (χ1n) is 7.60. The minimum atomic E-state index is -0.225. The summed E-state index contributed by atoms with van der Waals surface area (Å²) in [7, 11) is 3.18. The van der Waals surface area contributed by atoms with Crippen LogP contribution in [-0.2, 0) is 13.0 Å². The minimum Gasteiger partial charge on any atom is -0.493 e. The van der Waals surface area contributed by atoms with Crippen LogP contribution in [0.3, 0.4) is 0 Å². The van der Waals surface area contributed by atoms with Gasteiger partial charge in [-0.25, -0.2) is 0 Å². The van der Waals surface area contributed by atoms with E-state index in [1.165, 1.54) is 11.3 Å². The number of rotatable bonds is 8. The number of ether oxygens (including phenoxy) is 2. The summed E-state index contributed by atoms with van der Waals surface area (Å²) >= 11 is 6.44. The van der Waals surface area contributed by atoms with Crippen molar-refractivity contribution in [3.63, 3.8) is 0 Å². The predicted octanol–water partition coefficient (Wildman–Crippen LogP) is 3.04. The molecule has 2 rings (SSSR count). The van der Waals surface area contributed by atoms with Gasteiger partial charge < -0.3 is 25.1 Å². The molecule has 0 saturated heterocycles. The van der Waals surface area contributed by atoms with E-state index < -0.39 is 0 Å². The molecule has 1 aromatic heterocycles. The summed E-state index contributed by atoms with van der Waals surface area (Å²) in [6.45, 7) is 4.62. The summed E-state index contributed by atoms with van der Waals surface area (Å²) < 4.78 is 12.7. The summed E-state index contributed by atoms with van der Waals surface area (Å²) in [4.78, 5) is 12.8. The summed E-state index contributed by atoms with van der Waals surface area (Å²) in [6.07, 6.45) is 2.35. The predicted molar refractivity (Wildman–Crippen MR) is 103 cm³/mol. The van der Waals surface area contributed by atoms with Crippen LogP contribution in [0.4, 0.5) is 5.82 Å². The monoisotopic (exact) mass is 379 g/mol. The largest absolute Gasteiger partial charge is 0.493 e. The second-order valence-corrected chi connectivity index (χ2v) is 6.82. The van der Waals surface area contributed by atoms with E-state index in [9.17, 15) is 4.79 Å². The average molecular weight is 380 g/mol. The minimum absolute atomic E-state index is 0.225. The molecule has 0 atom stereocenters. The van der Waals surface area contributed by atoms with Crippen LogP contribution in [0.25, 0.3) is 0 Å². The Morgan fingerprint density at radius 1 is 1.40 bits per heavy atom. The van der Waals surface area contributed by atoms with Crippen LogP contribution in [-0.4, -0.2) is 31.2 Å². The molecule has 0 radical (unpaired) electrons. The van der Waals surface area contributed by atoms with E-state index >= 15 is 0 Å². The van der Waals surface area contributed by atoms with Crippen molar-refractivity contribution in [3.05, 3.63) is 45.2 Å². The first-order valence-corrected chi connectivity index (χ1v) is 8.83. The Labute approximate surface area is 155 Å². The fourth-order valence-corrected chi connectivity index (χ4v) is 3.58. The van der Waals surface area contributed by atoms with E-state index in [0.29, 0.717) is 45.7 Å². The zero-order valence-electron chi connectivity index (χ0n) is 14.2. The number of amides is 1. The average Bonchev–Trinajstić information content (AvgIpc) is 2.90. The molecule has 1 heterocycles. The molecule has 0 aliphatic carbocycles. The summed E-state index contributed by atoms with van der Waals surface area (Å²) in [5.41, 5.74) is 7.04. The third-order valence-electron chi connectivity index (χ3n) is 3.60. The van der Waals surface area contributed by atoms with E-state index in [1.54, 1.807) is 24.9 Å². The van der Waals surface area contributed by atoms with Gasteiger partial charge in [0, 0.05) is 13.1 Å². The topological polar surface area (TPSA) is 78.5 Å². The lowest BCUT2D eigenvalue weighted by Gasteiger charge is -2.10. The van der Waals surface area contributed by atoms with Crippen LogP contribution in [0, 0.1) is 3.95 Å². The number of allylic oxidation sites excluding steroid dienone is 1. The molecular weight excluding hydrogens is 358 g/mol. The van der Waals surface area contributed by atoms with Crippen molar-refractivity contribution in [2.24, 2.45) is 0 Å². The quantitative estimate of drug-likeness (QED) is 0.544. The molecule has 0 bridgehead atoms. The highest BCUT2D eigenvalue weighted by atomic mass is 32.1. The number of aromatic nitrogens is 1. The van der Waals surface area contributed by atoms with Gasteiger partial charge in [0.2, 0.25) is 0 Å². The number of thiazole rings is 1. The van der Waals surface area contributed by atoms with Gasteiger partial charge in [-0.05, 0) is 36.3 Å². The number of nitrogen functional groups attached to an aromatic ring is 1. The fraction of sp³-hybridized carbons (Fsp3) is 0.294. The second-order valence-electron chi connectivity index (χ2n) is 5.18. The molecule has 0 saturated carbocycles. The highest BCUT2D eigenvalue weighted by Crippen LogP contribution is 2.27. The van der Waals surface area contributed by atoms with Crippen LogP contribution in [0.1, 0.15) is 15.2 Å². The molecule has 25 heavy (non-hydrogen) atoms. The molecule has 3 N–H and O–H groups in total. The Morgan fingerprint density at radius 2 is 2.12 bits per heavy atom. The number of benzene rings is 1. The molecule has 0 aliphatic heterocycles. The summed E-state index contributed by atoms with van der Waals surface area (Å²) in [5, 5.41) is 2.87. The lowest BCUT2D eigenvalue weighted by Crippen LogP contribution is -2.26. The van der Waals surface area contributed by atoms with Gasteiger partial charge in [0.1, 0.15) is 10.7 Å². The number of nitrogens with two attached hydrogens (primary N) is 1. The second kappa shape index (κ2) is 8.68. The van der Waals surface area contributed by atoms with Crippen LogP contribution < -0.4 is 20.5 Å². The van der Waals surface area contributed by atoms with Crippen LogP contribution in [0.2, 0.25) is 0 Å². The number of nitrogens with one attached hydrogen (secondary N) is 1. The van der Waals surface area contributed by atoms with Crippen molar-refractivity contribution in [2.45, 2.75) is 13.0 Å². The number of carbonyl (C=O) groups excluding carboxylic acids is 1. The Morgan fingerprint density at radius 3 is 2.76 bits per heavy atom. The number of hydrogen-bond acceptors (Lipinski definition) is 6. The Hall–Kier alpha value is -2.32. The molecule has 0 fully saturated rings. The molecule has 1 amide bonds. The van der Waals surface area contributed by atoms with Crippen molar-refractivity contribution in [1.29, 1.82) is 0 Å². The normalized spacial score (nSPS) is 10.3. The first kappa shape index (κ1) is 19.0. The molecule has 2 aromatic rings. The van der Waals surface area contributed by atoms with E-state index in [0.717, 1.165) is 5.56 Å². The van der Waals surface area contributed by atoms with Gasteiger partial charge in [-0.1, -0.05) is 23.5 Å². The zero-order chi connectivity index (χ0) is 18.4. The van der Waals surface area contributed by atoms with E-state index in [1.807, 2.05) is 18.2 Å². The van der Waals surface area contributed by atoms with Gasteiger partial charge in [-0.15, -0.1) is 6.58 Å². The van der Waals surface area contributed by atoms with Crippen molar-refractivity contribution >= 4 is 35.3 Å². The Balaban J connectivity index is 2.00. The van der Waals surface area contributed by atoms with E-state index in [2.05, 4.69) is 11.9 Å².